The first-order valence-corrected chi connectivity index (χ1v) is 7.69. The Morgan fingerprint density at radius 2 is 1.91 bits per heavy atom. The number of benzene rings is 1. The Hall–Kier alpha value is -2.57. The van der Waals surface area contributed by atoms with Crippen LogP contribution in [0.5, 0.6) is 0 Å². The molecule has 0 aliphatic heterocycles. The zero-order chi connectivity index (χ0) is 16.8. The Balaban J connectivity index is 1.90. The molecule has 1 aromatic heterocycles. The van der Waals surface area contributed by atoms with Crippen LogP contribution < -0.4 is 11.1 Å². The van der Waals surface area contributed by atoms with Crippen molar-refractivity contribution in [1.29, 1.82) is 0 Å². The Kier molecular flexibility index (Phi) is 5.56. The van der Waals surface area contributed by atoms with Crippen LogP contribution in [0.3, 0.4) is 0 Å². The molecule has 7 heteroatoms. The zero-order valence-electron chi connectivity index (χ0n) is 13.4. The Bertz CT molecular complexity index is 743. The molecule has 0 fully saturated rings. The fraction of sp³-hybridized carbons (Fsp3) is 0.438. The van der Waals surface area contributed by atoms with E-state index in [1.54, 1.807) is 29.2 Å². The normalized spacial score (nSPS) is 10.7. The van der Waals surface area contributed by atoms with Gasteiger partial charge in [0.1, 0.15) is 0 Å². The third-order valence-corrected chi connectivity index (χ3v) is 3.69. The van der Waals surface area contributed by atoms with Crippen molar-refractivity contribution >= 4 is 22.9 Å². The van der Waals surface area contributed by atoms with Crippen LogP contribution in [0.4, 0.5) is 0 Å². The van der Waals surface area contributed by atoms with Crippen molar-refractivity contribution in [3.63, 3.8) is 0 Å². The number of oxazole rings is 1. The van der Waals surface area contributed by atoms with E-state index in [4.69, 9.17) is 4.42 Å². The number of hydrogen-bond donors (Lipinski definition) is 1. The summed E-state index contributed by atoms with van der Waals surface area (Å²) in [7, 11) is 0. The summed E-state index contributed by atoms with van der Waals surface area (Å²) >= 11 is 0. The van der Waals surface area contributed by atoms with Gasteiger partial charge >= 0.3 is 5.76 Å². The minimum absolute atomic E-state index is 0.0262. The highest BCUT2D eigenvalue weighted by Gasteiger charge is 2.13. The molecule has 2 amide bonds. The van der Waals surface area contributed by atoms with Gasteiger partial charge in [0.05, 0.1) is 12.1 Å². The van der Waals surface area contributed by atoms with Crippen molar-refractivity contribution in [2.45, 2.75) is 26.8 Å². The fourth-order valence-electron chi connectivity index (χ4n) is 2.39. The number of aromatic nitrogens is 1. The van der Waals surface area contributed by atoms with Gasteiger partial charge in [0, 0.05) is 26.1 Å². The average Bonchev–Trinajstić information content (AvgIpc) is 2.87. The number of nitrogens with zero attached hydrogens (tertiary/aromatic N) is 2. The van der Waals surface area contributed by atoms with E-state index >= 15 is 0 Å². The van der Waals surface area contributed by atoms with Gasteiger partial charge in [-0.2, -0.15) is 0 Å². The molecule has 2 rings (SSSR count). The lowest BCUT2D eigenvalue weighted by Gasteiger charge is -2.18. The zero-order valence-corrected chi connectivity index (χ0v) is 13.4. The van der Waals surface area contributed by atoms with E-state index in [0.717, 1.165) is 0 Å². The fourth-order valence-corrected chi connectivity index (χ4v) is 2.39. The first-order chi connectivity index (χ1) is 11.1. The molecule has 0 radical (unpaired) electrons. The van der Waals surface area contributed by atoms with Crippen molar-refractivity contribution in [3.8, 4) is 0 Å². The van der Waals surface area contributed by atoms with Gasteiger partial charge in [0.25, 0.3) is 0 Å². The molecule has 0 saturated carbocycles. The van der Waals surface area contributed by atoms with Crippen LogP contribution >= 0.6 is 0 Å². The van der Waals surface area contributed by atoms with Gasteiger partial charge in [-0.25, -0.2) is 4.79 Å². The summed E-state index contributed by atoms with van der Waals surface area (Å²) in [4.78, 5) is 37.1. The number of nitrogens with one attached hydrogen (secondary N) is 1. The first kappa shape index (κ1) is 16.8. The molecule has 0 aliphatic carbocycles. The van der Waals surface area contributed by atoms with Crippen LogP contribution in [-0.2, 0) is 16.1 Å². The number of likely N-dealkylation sites (N-methyl/N-ethyl adjacent to an activating group) is 1. The maximum Gasteiger partial charge on any atom is 0.419 e. The maximum absolute atomic E-state index is 11.9. The number of fused-ring (bicyclic) bond motifs is 1. The molecule has 0 atom stereocenters. The third kappa shape index (κ3) is 4.00. The minimum Gasteiger partial charge on any atom is -0.408 e. The number of carbonyl (C=O) groups is 2. The Morgan fingerprint density at radius 3 is 2.61 bits per heavy atom. The second-order valence-corrected chi connectivity index (χ2v) is 5.08. The SMILES string of the molecule is CCN(CC)C(=O)CNC(=O)CCn1c(=O)oc2ccccc21. The smallest absolute Gasteiger partial charge is 0.408 e. The van der Waals surface area contributed by atoms with Gasteiger partial charge in [0.2, 0.25) is 11.8 Å². The summed E-state index contributed by atoms with van der Waals surface area (Å²) in [5, 5.41) is 2.59. The summed E-state index contributed by atoms with van der Waals surface area (Å²) in [5.41, 5.74) is 1.15. The summed E-state index contributed by atoms with van der Waals surface area (Å²) in [6.45, 7) is 5.19. The van der Waals surface area contributed by atoms with E-state index in [1.807, 2.05) is 13.8 Å². The topological polar surface area (TPSA) is 84.5 Å². The lowest BCUT2D eigenvalue weighted by molar-refractivity contribution is -0.132. The molecular formula is C16H21N3O4. The van der Waals surface area contributed by atoms with E-state index < -0.39 is 5.76 Å². The molecule has 124 valence electrons. The Labute approximate surface area is 133 Å². The highest BCUT2D eigenvalue weighted by molar-refractivity contribution is 5.84. The molecule has 0 saturated heterocycles. The molecule has 1 aromatic carbocycles. The number of aryl methyl sites for hydroxylation is 1. The number of rotatable bonds is 7. The molecule has 23 heavy (non-hydrogen) atoms. The molecule has 2 aromatic rings. The lowest BCUT2D eigenvalue weighted by atomic mass is 10.3. The van der Waals surface area contributed by atoms with Gasteiger partial charge in [-0.1, -0.05) is 12.1 Å². The summed E-state index contributed by atoms with van der Waals surface area (Å²) in [6.07, 6.45) is 0.106. The molecule has 0 spiro atoms. The number of carbonyl (C=O) groups excluding carboxylic acids is 2. The van der Waals surface area contributed by atoms with E-state index in [-0.39, 0.29) is 31.3 Å². The van der Waals surface area contributed by atoms with Gasteiger partial charge in [0.15, 0.2) is 5.58 Å². The third-order valence-electron chi connectivity index (χ3n) is 3.69. The maximum atomic E-state index is 11.9. The van der Waals surface area contributed by atoms with E-state index in [2.05, 4.69) is 5.32 Å². The predicted molar refractivity (Wildman–Crippen MR) is 86.0 cm³/mol. The van der Waals surface area contributed by atoms with Crippen molar-refractivity contribution in [2.24, 2.45) is 0 Å². The van der Waals surface area contributed by atoms with Crippen molar-refractivity contribution in [3.05, 3.63) is 34.8 Å². The van der Waals surface area contributed by atoms with Gasteiger partial charge in [-0.3, -0.25) is 14.2 Å². The standard InChI is InChI=1S/C16H21N3O4/c1-3-18(4-2)15(21)11-17-14(20)9-10-19-12-7-5-6-8-13(12)23-16(19)22/h5-8H,3-4,9-11H2,1-2H3,(H,17,20). The van der Waals surface area contributed by atoms with Crippen LogP contribution in [0, 0.1) is 0 Å². The number of amides is 2. The van der Waals surface area contributed by atoms with Gasteiger partial charge in [-0.15, -0.1) is 0 Å². The Morgan fingerprint density at radius 1 is 1.22 bits per heavy atom. The molecule has 1 N–H and O–H groups in total. The van der Waals surface area contributed by atoms with Crippen molar-refractivity contribution in [1.82, 2.24) is 14.8 Å². The van der Waals surface area contributed by atoms with E-state index in [1.165, 1.54) is 4.57 Å². The van der Waals surface area contributed by atoms with Crippen LogP contribution in [0.2, 0.25) is 0 Å². The van der Waals surface area contributed by atoms with Crippen LogP contribution in [0.25, 0.3) is 11.1 Å². The summed E-state index contributed by atoms with van der Waals surface area (Å²) in [6, 6.07) is 7.05. The molecule has 0 aliphatic rings. The quantitative estimate of drug-likeness (QED) is 0.824. The summed E-state index contributed by atoms with van der Waals surface area (Å²) < 4.78 is 6.52. The van der Waals surface area contributed by atoms with Gasteiger partial charge in [-0.05, 0) is 26.0 Å². The highest BCUT2D eigenvalue weighted by atomic mass is 16.4. The van der Waals surface area contributed by atoms with E-state index in [0.29, 0.717) is 24.2 Å². The second kappa shape index (κ2) is 7.62. The highest BCUT2D eigenvalue weighted by Crippen LogP contribution is 2.11. The number of para-hydroxylation sites is 2. The van der Waals surface area contributed by atoms with Crippen LogP contribution in [-0.4, -0.2) is 40.9 Å². The first-order valence-electron chi connectivity index (χ1n) is 7.69. The van der Waals surface area contributed by atoms with Crippen LogP contribution in [0.15, 0.2) is 33.5 Å². The largest absolute Gasteiger partial charge is 0.419 e. The van der Waals surface area contributed by atoms with Gasteiger partial charge < -0.3 is 14.6 Å². The molecule has 7 nitrogen and oxygen atoms in total. The number of hydrogen-bond acceptors (Lipinski definition) is 4. The van der Waals surface area contributed by atoms with Crippen LogP contribution in [0.1, 0.15) is 20.3 Å². The predicted octanol–water partition coefficient (Wildman–Crippen LogP) is 0.969. The van der Waals surface area contributed by atoms with Crippen molar-refractivity contribution in [2.75, 3.05) is 19.6 Å². The molecule has 1 heterocycles. The molecule has 0 bridgehead atoms. The monoisotopic (exact) mass is 319 g/mol. The second-order valence-electron chi connectivity index (χ2n) is 5.08. The molecular weight excluding hydrogens is 298 g/mol. The summed E-state index contributed by atoms with van der Waals surface area (Å²) in [5.74, 6) is -0.879. The minimum atomic E-state index is -0.488. The van der Waals surface area contributed by atoms with Crippen molar-refractivity contribution < 1.29 is 14.0 Å². The molecule has 0 unspecified atom stereocenters. The van der Waals surface area contributed by atoms with E-state index in [9.17, 15) is 14.4 Å². The lowest BCUT2D eigenvalue weighted by Crippen LogP contribution is -2.40. The average molecular weight is 319 g/mol.